The number of sulfonamides is 1. The predicted octanol–water partition coefficient (Wildman–Crippen LogP) is 3.30. The zero-order valence-corrected chi connectivity index (χ0v) is 17.1. The van der Waals surface area contributed by atoms with Crippen LogP contribution in [0.3, 0.4) is 0 Å². The molecule has 2 aromatic carbocycles. The molecule has 9 heteroatoms. The summed E-state index contributed by atoms with van der Waals surface area (Å²) in [5.74, 6) is -0.947. The minimum atomic E-state index is -3.83. The lowest BCUT2D eigenvalue weighted by molar-refractivity contribution is -0.123. The largest absolute Gasteiger partial charge is 0.495 e. The van der Waals surface area contributed by atoms with Gasteiger partial charge in [-0.05, 0) is 44.2 Å². The molecule has 1 aliphatic rings. The van der Waals surface area contributed by atoms with Crippen molar-refractivity contribution in [2.75, 3.05) is 22.5 Å². The van der Waals surface area contributed by atoms with Crippen LogP contribution < -0.4 is 14.4 Å². The van der Waals surface area contributed by atoms with Crippen molar-refractivity contribution in [3.8, 4) is 5.75 Å². The maximum absolute atomic E-state index is 12.7. The molecule has 2 aromatic rings. The van der Waals surface area contributed by atoms with Crippen molar-refractivity contribution < 1.29 is 22.7 Å². The molecule has 0 radical (unpaired) electrons. The van der Waals surface area contributed by atoms with Crippen molar-refractivity contribution in [2.24, 2.45) is 5.41 Å². The highest BCUT2D eigenvalue weighted by Crippen LogP contribution is 2.37. The minimum absolute atomic E-state index is 0.0396. The van der Waals surface area contributed by atoms with Crippen LogP contribution in [0.1, 0.15) is 24.2 Å². The lowest BCUT2D eigenvalue weighted by atomic mass is 9.95. The highest BCUT2D eigenvalue weighted by Gasteiger charge is 2.50. The number of hydrogen-bond acceptors (Lipinski definition) is 5. The summed E-state index contributed by atoms with van der Waals surface area (Å²) in [7, 11) is -2.36. The standard InChI is InChI=1S/C19H19ClN2O5S/c1-19(2)11-28(25,26)22(18(19)24)12-8-9-14(20)13(10-12)17(23)21-15-6-4-5-7-16(15)27-3/h4-10H,11H2,1-3H3,(H,21,23). The summed E-state index contributed by atoms with van der Waals surface area (Å²) >= 11 is 6.16. The average Bonchev–Trinajstić information content (AvgIpc) is 2.79. The van der Waals surface area contributed by atoms with Gasteiger partial charge in [-0.15, -0.1) is 0 Å². The molecule has 2 amide bonds. The Morgan fingerprint density at radius 2 is 1.89 bits per heavy atom. The summed E-state index contributed by atoms with van der Waals surface area (Å²) in [6.45, 7) is 3.14. The number of nitrogens with one attached hydrogen (secondary N) is 1. The molecular weight excluding hydrogens is 404 g/mol. The van der Waals surface area contributed by atoms with Gasteiger partial charge < -0.3 is 10.1 Å². The van der Waals surface area contributed by atoms with Crippen LogP contribution in [0, 0.1) is 5.41 Å². The molecule has 0 saturated carbocycles. The topological polar surface area (TPSA) is 92.8 Å². The number of para-hydroxylation sites is 2. The van der Waals surface area contributed by atoms with E-state index in [9.17, 15) is 18.0 Å². The van der Waals surface area contributed by atoms with Crippen molar-refractivity contribution >= 4 is 44.8 Å². The van der Waals surface area contributed by atoms with E-state index in [2.05, 4.69) is 5.32 Å². The number of halogens is 1. The van der Waals surface area contributed by atoms with Crippen molar-refractivity contribution in [3.05, 3.63) is 53.1 Å². The van der Waals surface area contributed by atoms with Crippen LogP contribution in [0.2, 0.25) is 5.02 Å². The molecule has 1 heterocycles. The SMILES string of the molecule is COc1ccccc1NC(=O)c1cc(N2C(=O)C(C)(C)CS2(=O)=O)ccc1Cl. The number of carbonyl (C=O) groups is 2. The Labute approximate surface area is 168 Å². The molecule has 0 spiro atoms. The van der Waals surface area contributed by atoms with Gasteiger partial charge in [-0.3, -0.25) is 9.59 Å². The monoisotopic (exact) mass is 422 g/mol. The summed E-state index contributed by atoms with van der Waals surface area (Å²) in [6.07, 6.45) is 0. The molecule has 0 atom stereocenters. The minimum Gasteiger partial charge on any atom is -0.495 e. The molecular formula is C19H19ClN2O5S. The molecule has 1 fully saturated rings. The summed E-state index contributed by atoms with van der Waals surface area (Å²) in [5, 5.41) is 2.81. The number of rotatable bonds is 4. The van der Waals surface area contributed by atoms with Crippen LogP contribution in [-0.2, 0) is 14.8 Å². The second kappa shape index (κ2) is 7.10. The third-order valence-corrected chi connectivity index (χ3v) is 6.72. The molecule has 3 rings (SSSR count). The lowest BCUT2D eigenvalue weighted by Crippen LogP contribution is -2.33. The summed E-state index contributed by atoms with van der Waals surface area (Å²) in [5.41, 5.74) is -0.497. The lowest BCUT2D eigenvalue weighted by Gasteiger charge is -2.18. The third kappa shape index (κ3) is 3.57. The van der Waals surface area contributed by atoms with Gasteiger partial charge in [0.1, 0.15) is 5.75 Å². The van der Waals surface area contributed by atoms with E-state index in [1.807, 2.05) is 0 Å². The first-order valence-corrected chi connectivity index (χ1v) is 10.4. The van der Waals surface area contributed by atoms with Crippen LogP contribution in [0.5, 0.6) is 5.75 Å². The Morgan fingerprint density at radius 1 is 1.21 bits per heavy atom. The first kappa shape index (κ1) is 20.2. The van der Waals surface area contributed by atoms with E-state index in [-0.39, 0.29) is 22.0 Å². The quantitative estimate of drug-likeness (QED) is 0.815. The first-order chi connectivity index (χ1) is 13.1. The van der Waals surface area contributed by atoms with Gasteiger partial charge in [0.15, 0.2) is 0 Å². The van der Waals surface area contributed by atoms with Crippen LogP contribution >= 0.6 is 11.6 Å². The summed E-state index contributed by atoms with van der Waals surface area (Å²) in [6, 6.07) is 10.9. The second-order valence-electron chi connectivity index (χ2n) is 7.03. The van der Waals surface area contributed by atoms with Crippen LogP contribution in [0.25, 0.3) is 0 Å². The number of benzene rings is 2. The number of methoxy groups -OCH3 is 1. The van der Waals surface area contributed by atoms with E-state index in [1.165, 1.54) is 25.3 Å². The second-order valence-corrected chi connectivity index (χ2v) is 9.25. The van der Waals surface area contributed by atoms with Gasteiger partial charge in [-0.2, -0.15) is 0 Å². The summed E-state index contributed by atoms with van der Waals surface area (Å²) < 4.78 is 30.9. The number of carbonyl (C=O) groups excluding carboxylic acids is 2. The van der Waals surface area contributed by atoms with Gasteiger partial charge in [-0.1, -0.05) is 23.7 Å². The van der Waals surface area contributed by atoms with Crippen molar-refractivity contribution in [1.82, 2.24) is 0 Å². The normalized spacial score (nSPS) is 17.4. The molecule has 148 valence electrons. The van der Waals surface area contributed by atoms with Crippen LogP contribution in [-0.4, -0.2) is 33.1 Å². The molecule has 7 nitrogen and oxygen atoms in total. The van der Waals surface area contributed by atoms with E-state index in [4.69, 9.17) is 16.3 Å². The van der Waals surface area contributed by atoms with Gasteiger partial charge >= 0.3 is 0 Å². The zero-order valence-electron chi connectivity index (χ0n) is 15.5. The van der Waals surface area contributed by atoms with Crippen LogP contribution in [0.15, 0.2) is 42.5 Å². The van der Waals surface area contributed by atoms with E-state index < -0.39 is 27.3 Å². The summed E-state index contributed by atoms with van der Waals surface area (Å²) in [4.78, 5) is 25.3. The molecule has 1 saturated heterocycles. The average molecular weight is 423 g/mol. The molecule has 0 bridgehead atoms. The van der Waals surface area contributed by atoms with Crippen molar-refractivity contribution in [1.29, 1.82) is 0 Å². The number of nitrogens with zero attached hydrogens (tertiary/aromatic N) is 1. The number of hydrogen-bond donors (Lipinski definition) is 1. The van der Waals surface area contributed by atoms with E-state index in [0.29, 0.717) is 11.4 Å². The fraction of sp³-hybridized carbons (Fsp3) is 0.263. The molecule has 1 N–H and O–H groups in total. The molecule has 28 heavy (non-hydrogen) atoms. The number of anilines is 2. The maximum atomic E-state index is 12.7. The van der Waals surface area contributed by atoms with Crippen LogP contribution in [0.4, 0.5) is 11.4 Å². The van der Waals surface area contributed by atoms with Gasteiger partial charge in [0.2, 0.25) is 15.9 Å². The smallest absolute Gasteiger partial charge is 0.257 e. The Balaban J connectivity index is 1.98. The highest BCUT2D eigenvalue weighted by molar-refractivity contribution is 7.94. The first-order valence-electron chi connectivity index (χ1n) is 8.38. The number of ether oxygens (including phenoxy) is 1. The molecule has 1 aliphatic heterocycles. The van der Waals surface area contributed by atoms with E-state index in [1.54, 1.807) is 38.1 Å². The molecule has 0 aliphatic carbocycles. The Hall–Kier alpha value is -2.58. The van der Waals surface area contributed by atoms with E-state index in [0.717, 1.165) is 4.31 Å². The fourth-order valence-corrected chi connectivity index (χ4v) is 5.31. The van der Waals surface area contributed by atoms with E-state index >= 15 is 0 Å². The highest BCUT2D eigenvalue weighted by atomic mass is 35.5. The van der Waals surface area contributed by atoms with Crippen molar-refractivity contribution in [3.63, 3.8) is 0 Å². The Bertz CT molecular complexity index is 1070. The Morgan fingerprint density at radius 3 is 2.50 bits per heavy atom. The van der Waals surface area contributed by atoms with Gasteiger partial charge in [0, 0.05) is 0 Å². The molecule has 0 aromatic heterocycles. The predicted molar refractivity (Wildman–Crippen MR) is 107 cm³/mol. The molecule has 0 unspecified atom stereocenters. The fourth-order valence-electron chi connectivity index (χ4n) is 3.01. The van der Waals surface area contributed by atoms with Crippen molar-refractivity contribution in [2.45, 2.75) is 13.8 Å². The third-order valence-electron chi connectivity index (χ3n) is 4.37. The maximum Gasteiger partial charge on any atom is 0.257 e. The zero-order chi connectivity index (χ0) is 20.7. The number of amides is 2. The Kier molecular flexibility index (Phi) is 5.12. The van der Waals surface area contributed by atoms with Gasteiger partial charge in [-0.25, -0.2) is 12.7 Å². The van der Waals surface area contributed by atoms with Gasteiger partial charge in [0.05, 0.1) is 40.2 Å². The van der Waals surface area contributed by atoms with Gasteiger partial charge in [0.25, 0.3) is 5.91 Å².